The number of aromatic nitrogens is 3. The number of nitrogens with one attached hydrogen (secondary N) is 1. The van der Waals surface area contributed by atoms with Crippen LogP contribution in [0.15, 0.2) is 11.6 Å². The van der Waals surface area contributed by atoms with Gasteiger partial charge in [-0.05, 0) is 28.1 Å². The van der Waals surface area contributed by atoms with Crippen molar-refractivity contribution in [1.29, 1.82) is 0 Å². The molecule has 2 rings (SSSR count). The highest BCUT2D eigenvalue weighted by Crippen LogP contribution is 2.26. The van der Waals surface area contributed by atoms with E-state index in [1.165, 1.54) is 0 Å². The van der Waals surface area contributed by atoms with E-state index in [9.17, 15) is 0 Å². The van der Waals surface area contributed by atoms with Gasteiger partial charge < -0.3 is 10.2 Å². The predicted molar refractivity (Wildman–Crippen MR) is 88.1 cm³/mol. The first-order chi connectivity index (χ1) is 10.0. The Bertz CT molecular complexity index is 578. The molecule has 0 aliphatic rings. The molecule has 0 saturated carbocycles. The van der Waals surface area contributed by atoms with Crippen molar-refractivity contribution < 1.29 is 0 Å². The molecular formula is C14H22ClN5S. The SMILES string of the molecule is CNC(Cc1csc(C)n1)c1c(Cl)cnn1CCN(C)C. The van der Waals surface area contributed by atoms with Crippen molar-refractivity contribution in [3.05, 3.63) is 33.0 Å². The first-order valence-electron chi connectivity index (χ1n) is 6.95. The van der Waals surface area contributed by atoms with Gasteiger partial charge in [-0.15, -0.1) is 11.3 Å². The minimum Gasteiger partial charge on any atom is -0.311 e. The molecule has 7 heteroatoms. The van der Waals surface area contributed by atoms with Crippen molar-refractivity contribution in [3.8, 4) is 0 Å². The van der Waals surface area contributed by atoms with Crippen LogP contribution in [0.25, 0.3) is 0 Å². The molecule has 1 unspecified atom stereocenters. The van der Waals surface area contributed by atoms with Crippen LogP contribution in [0.1, 0.15) is 22.4 Å². The van der Waals surface area contributed by atoms with Crippen LogP contribution in [-0.2, 0) is 13.0 Å². The average Bonchev–Trinajstić information content (AvgIpc) is 3.00. The molecule has 0 spiro atoms. The highest BCUT2D eigenvalue weighted by Gasteiger charge is 2.20. The molecule has 1 atom stereocenters. The summed E-state index contributed by atoms with van der Waals surface area (Å²) < 4.78 is 1.99. The second kappa shape index (κ2) is 7.35. The third-order valence-corrected chi connectivity index (χ3v) is 4.46. The minimum absolute atomic E-state index is 0.115. The fourth-order valence-electron chi connectivity index (χ4n) is 2.24. The van der Waals surface area contributed by atoms with Gasteiger partial charge in [0.05, 0.1) is 40.2 Å². The highest BCUT2D eigenvalue weighted by molar-refractivity contribution is 7.09. The molecule has 0 aromatic carbocycles. The molecular weight excluding hydrogens is 306 g/mol. The lowest BCUT2D eigenvalue weighted by molar-refractivity contribution is 0.363. The number of hydrogen-bond acceptors (Lipinski definition) is 5. The molecule has 1 N–H and O–H groups in total. The fraction of sp³-hybridized carbons (Fsp3) is 0.571. The monoisotopic (exact) mass is 327 g/mol. The highest BCUT2D eigenvalue weighted by atomic mass is 35.5. The maximum Gasteiger partial charge on any atom is 0.0897 e. The summed E-state index contributed by atoms with van der Waals surface area (Å²) in [5.74, 6) is 0. The van der Waals surface area contributed by atoms with E-state index in [-0.39, 0.29) is 6.04 Å². The Morgan fingerprint density at radius 3 is 2.81 bits per heavy atom. The molecule has 0 aliphatic heterocycles. The second-order valence-electron chi connectivity index (χ2n) is 5.31. The first kappa shape index (κ1) is 16.4. The number of aryl methyl sites for hydroxylation is 1. The minimum atomic E-state index is 0.115. The van der Waals surface area contributed by atoms with Crippen molar-refractivity contribution in [2.24, 2.45) is 0 Å². The van der Waals surface area contributed by atoms with E-state index in [4.69, 9.17) is 11.6 Å². The Morgan fingerprint density at radius 1 is 1.48 bits per heavy atom. The molecule has 116 valence electrons. The Labute approximate surface area is 134 Å². The van der Waals surface area contributed by atoms with E-state index in [1.54, 1.807) is 17.5 Å². The topological polar surface area (TPSA) is 46.0 Å². The van der Waals surface area contributed by atoms with Crippen LogP contribution in [0.2, 0.25) is 5.02 Å². The van der Waals surface area contributed by atoms with Crippen molar-refractivity contribution in [2.45, 2.75) is 25.9 Å². The lowest BCUT2D eigenvalue weighted by Crippen LogP contribution is -2.26. The number of likely N-dealkylation sites (N-methyl/N-ethyl adjacent to an activating group) is 2. The zero-order valence-electron chi connectivity index (χ0n) is 12.9. The van der Waals surface area contributed by atoms with Crippen LogP contribution in [0.3, 0.4) is 0 Å². The van der Waals surface area contributed by atoms with Crippen LogP contribution in [0, 0.1) is 6.92 Å². The Balaban J connectivity index is 2.18. The van der Waals surface area contributed by atoms with Gasteiger partial charge in [-0.2, -0.15) is 5.10 Å². The Hall–Kier alpha value is -0.950. The molecule has 2 aromatic heterocycles. The van der Waals surface area contributed by atoms with Gasteiger partial charge in [0, 0.05) is 18.3 Å². The van der Waals surface area contributed by atoms with Crippen LogP contribution < -0.4 is 5.32 Å². The van der Waals surface area contributed by atoms with Gasteiger partial charge in [0.1, 0.15) is 0 Å². The standard InChI is InChI=1S/C14H22ClN5S/c1-10-18-11(9-21-10)7-13(16-2)14-12(15)8-17-20(14)6-5-19(3)4/h8-9,13,16H,5-7H2,1-4H3. The van der Waals surface area contributed by atoms with Crippen LogP contribution >= 0.6 is 22.9 Å². The maximum absolute atomic E-state index is 6.35. The van der Waals surface area contributed by atoms with Crippen LogP contribution in [-0.4, -0.2) is 47.4 Å². The maximum atomic E-state index is 6.35. The molecule has 0 fully saturated rings. The van der Waals surface area contributed by atoms with Gasteiger partial charge in [-0.25, -0.2) is 4.98 Å². The molecule has 5 nitrogen and oxygen atoms in total. The van der Waals surface area contributed by atoms with E-state index in [2.05, 4.69) is 39.8 Å². The molecule has 0 amide bonds. The molecule has 21 heavy (non-hydrogen) atoms. The second-order valence-corrected chi connectivity index (χ2v) is 6.78. The summed E-state index contributed by atoms with van der Waals surface area (Å²) in [6, 6.07) is 0.115. The number of halogens is 1. The van der Waals surface area contributed by atoms with Gasteiger partial charge in [0.2, 0.25) is 0 Å². The largest absolute Gasteiger partial charge is 0.311 e. The van der Waals surface area contributed by atoms with Crippen LogP contribution in [0.5, 0.6) is 0 Å². The third-order valence-electron chi connectivity index (χ3n) is 3.35. The quantitative estimate of drug-likeness (QED) is 0.848. The summed E-state index contributed by atoms with van der Waals surface area (Å²) in [5.41, 5.74) is 2.12. The Kier molecular flexibility index (Phi) is 5.75. The zero-order valence-corrected chi connectivity index (χ0v) is 14.5. The van der Waals surface area contributed by atoms with Gasteiger partial charge >= 0.3 is 0 Å². The lowest BCUT2D eigenvalue weighted by Gasteiger charge is -2.19. The van der Waals surface area contributed by atoms with Crippen molar-refractivity contribution in [2.75, 3.05) is 27.7 Å². The lowest BCUT2D eigenvalue weighted by atomic mass is 10.1. The number of rotatable bonds is 7. The summed E-state index contributed by atoms with van der Waals surface area (Å²) in [5, 5.41) is 11.6. The van der Waals surface area contributed by atoms with Gasteiger partial charge in [-0.1, -0.05) is 11.6 Å². The number of thiazole rings is 1. The first-order valence-corrected chi connectivity index (χ1v) is 8.21. The van der Waals surface area contributed by atoms with E-state index in [0.717, 1.165) is 35.9 Å². The number of hydrogen-bond donors (Lipinski definition) is 1. The van der Waals surface area contributed by atoms with Crippen molar-refractivity contribution >= 4 is 22.9 Å². The fourth-order valence-corrected chi connectivity index (χ4v) is 3.14. The van der Waals surface area contributed by atoms with E-state index < -0.39 is 0 Å². The van der Waals surface area contributed by atoms with Crippen molar-refractivity contribution in [3.63, 3.8) is 0 Å². The zero-order chi connectivity index (χ0) is 15.4. The molecule has 0 bridgehead atoms. The average molecular weight is 328 g/mol. The molecule has 0 radical (unpaired) electrons. The van der Waals surface area contributed by atoms with Crippen molar-refractivity contribution in [1.82, 2.24) is 25.0 Å². The smallest absolute Gasteiger partial charge is 0.0897 e. The predicted octanol–water partition coefficient (Wildman–Crippen LogP) is 2.37. The number of nitrogens with zero attached hydrogens (tertiary/aromatic N) is 4. The van der Waals surface area contributed by atoms with Gasteiger partial charge in [0.15, 0.2) is 0 Å². The summed E-state index contributed by atoms with van der Waals surface area (Å²) in [6.07, 6.45) is 2.54. The van der Waals surface area contributed by atoms with Crippen LogP contribution in [0.4, 0.5) is 0 Å². The summed E-state index contributed by atoms with van der Waals surface area (Å²) >= 11 is 8.03. The normalized spacial score (nSPS) is 13.0. The molecule has 0 saturated heterocycles. The molecule has 0 aliphatic carbocycles. The van der Waals surface area contributed by atoms with E-state index >= 15 is 0 Å². The van der Waals surface area contributed by atoms with E-state index in [1.807, 2.05) is 18.7 Å². The third kappa shape index (κ3) is 4.26. The summed E-state index contributed by atoms with van der Waals surface area (Å²) in [6.45, 7) is 3.78. The summed E-state index contributed by atoms with van der Waals surface area (Å²) in [7, 11) is 6.06. The van der Waals surface area contributed by atoms with Gasteiger partial charge in [0.25, 0.3) is 0 Å². The molecule has 2 aromatic rings. The summed E-state index contributed by atoms with van der Waals surface area (Å²) in [4.78, 5) is 6.68. The molecule has 2 heterocycles. The van der Waals surface area contributed by atoms with E-state index in [0.29, 0.717) is 5.02 Å². The van der Waals surface area contributed by atoms with Gasteiger partial charge in [-0.3, -0.25) is 4.68 Å². The Morgan fingerprint density at radius 2 is 2.24 bits per heavy atom.